The fraction of sp³-hybridized carbons (Fsp3) is 0.455. The van der Waals surface area contributed by atoms with Crippen LogP contribution in [0.2, 0.25) is 5.02 Å². The minimum Gasteiger partial charge on any atom is -0.346 e. The van der Waals surface area contributed by atoms with Gasteiger partial charge in [0, 0.05) is 18.8 Å². The number of amides is 1. The summed E-state index contributed by atoms with van der Waals surface area (Å²) in [5.41, 5.74) is 5.99. The fourth-order valence-corrected chi connectivity index (χ4v) is 1.73. The molecule has 1 aromatic rings. The van der Waals surface area contributed by atoms with Gasteiger partial charge in [0.25, 0.3) is 5.91 Å². The number of nitrogens with one attached hydrogen (secondary N) is 1. The summed E-state index contributed by atoms with van der Waals surface area (Å²) in [5, 5.41) is 3.42. The maximum atomic E-state index is 11.8. The number of carbonyl (C=O) groups is 1. The average Bonchev–Trinajstić information content (AvgIpc) is 3.10. The Morgan fingerprint density at radius 3 is 2.61 bits per heavy atom. The van der Waals surface area contributed by atoms with Crippen LogP contribution in [0.1, 0.15) is 23.3 Å². The monoisotopic (exact) mass is 311 g/mol. The van der Waals surface area contributed by atoms with Crippen LogP contribution in [-0.4, -0.2) is 23.5 Å². The van der Waals surface area contributed by atoms with Crippen molar-refractivity contribution in [2.75, 3.05) is 6.54 Å². The Hall–Kier alpha value is -0.550. The molecule has 1 atom stereocenters. The molecule has 18 heavy (non-hydrogen) atoms. The van der Waals surface area contributed by atoms with E-state index in [2.05, 4.69) is 10.3 Å². The molecule has 1 aliphatic carbocycles. The van der Waals surface area contributed by atoms with Crippen LogP contribution in [0.25, 0.3) is 0 Å². The number of halogens is 3. The lowest BCUT2D eigenvalue weighted by Crippen LogP contribution is -2.42. The molecule has 3 N–H and O–H groups in total. The Balaban J connectivity index is 0.00000144. The summed E-state index contributed by atoms with van der Waals surface area (Å²) in [7, 11) is 0. The van der Waals surface area contributed by atoms with Crippen molar-refractivity contribution in [1.82, 2.24) is 10.3 Å². The maximum absolute atomic E-state index is 11.8. The van der Waals surface area contributed by atoms with Gasteiger partial charge in [-0.1, -0.05) is 11.6 Å². The highest BCUT2D eigenvalue weighted by Crippen LogP contribution is 2.32. The quantitative estimate of drug-likeness (QED) is 0.894. The number of rotatable bonds is 4. The van der Waals surface area contributed by atoms with Crippen molar-refractivity contribution in [2.24, 2.45) is 11.7 Å². The van der Waals surface area contributed by atoms with E-state index in [4.69, 9.17) is 17.3 Å². The first-order valence-electron chi connectivity index (χ1n) is 5.33. The third-order valence-corrected chi connectivity index (χ3v) is 2.95. The molecule has 1 aliphatic rings. The molecule has 0 saturated heterocycles. The molecule has 7 heteroatoms. The van der Waals surface area contributed by atoms with Gasteiger partial charge in [0.2, 0.25) is 0 Å². The first-order valence-corrected chi connectivity index (χ1v) is 5.71. The normalized spacial score (nSPS) is 15.0. The highest BCUT2D eigenvalue weighted by Gasteiger charge is 2.31. The first kappa shape index (κ1) is 17.4. The van der Waals surface area contributed by atoms with Crippen LogP contribution in [0.15, 0.2) is 18.3 Å². The van der Waals surface area contributed by atoms with Gasteiger partial charge in [-0.25, -0.2) is 4.98 Å². The van der Waals surface area contributed by atoms with Crippen molar-refractivity contribution in [3.05, 3.63) is 29.0 Å². The molecule has 1 heterocycles. The Morgan fingerprint density at radius 2 is 2.17 bits per heavy atom. The van der Waals surface area contributed by atoms with E-state index in [1.54, 1.807) is 12.1 Å². The molecule has 102 valence electrons. The van der Waals surface area contributed by atoms with E-state index >= 15 is 0 Å². The molecule has 0 aliphatic heterocycles. The second kappa shape index (κ2) is 7.79. The minimum absolute atomic E-state index is 0. The molecular weight excluding hydrogens is 297 g/mol. The van der Waals surface area contributed by atoms with Crippen LogP contribution in [0.3, 0.4) is 0 Å². The van der Waals surface area contributed by atoms with Gasteiger partial charge in [-0.3, -0.25) is 4.79 Å². The molecule has 0 bridgehead atoms. The van der Waals surface area contributed by atoms with Gasteiger partial charge in [0.05, 0.1) is 5.02 Å². The first-order chi connectivity index (χ1) is 7.70. The van der Waals surface area contributed by atoms with Gasteiger partial charge < -0.3 is 11.1 Å². The summed E-state index contributed by atoms with van der Waals surface area (Å²) in [5.74, 6) is 0.361. The summed E-state index contributed by atoms with van der Waals surface area (Å²) >= 11 is 5.70. The average molecular weight is 313 g/mol. The lowest BCUT2D eigenvalue weighted by molar-refractivity contribution is 0.0928. The minimum atomic E-state index is -0.181. The van der Waals surface area contributed by atoms with Crippen LogP contribution >= 0.6 is 36.4 Å². The predicted octanol–water partition coefficient (Wildman–Crippen LogP) is 2.05. The smallest absolute Gasteiger partial charge is 0.270 e. The zero-order valence-electron chi connectivity index (χ0n) is 9.64. The van der Waals surface area contributed by atoms with E-state index in [0.29, 0.717) is 23.2 Å². The van der Waals surface area contributed by atoms with Crippen molar-refractivity contribution < 1.29 is 4.79 Å². The van der Waals surface area contributed by atoms with Crippen LogP contribution in [0.5, 0.6) is 0 Å². The van der Waals surface area contributed by atoms with Gasteiger partial charge >= 0.3 is 0 Å². The third kappa shape index (κ3) is 4.61. The largest absolute Gasteiger partial charge is 0.346 e. The zero-order valence-corrected chi connectivity index (χ0v) is 12.0. The van der Waals surface area contributed by atoms with Crippen molar-refractivity contribution in [1.29, 1.82) is 0 Å². The van der Waals surface area contributed by atoms with Crippen LogP contribution in [0.4, 0.5) is 0 Å². The molecule has 1 unspecified atom stereocenters. The van der Waals surface area contributed by atoms with Gasteiger partial charge in [-0.05, 0) is 30.9 Å². The van der Waals surface area contributed by atoms with Gasteiger partial charge in [-0.2, -0.15) is 0 Å². The molecule has 1 saturated carbocycles. The van der Waals surface area contributed by atoms with Crippen molar-refractivity contribution in [2.45, 2.75) is 18.9 Å². The maximum Gasteiger partial charge on any atom is 0.270 e. The molecule has 1 aromatic heterocycles. The second-order valence-corrected chi connectivity index (χ2v) is 4.45. The van der Waals surface area contributed by atoms with Crippen molar-refractivity contribution in [3.63, 3.8) is 0 Å². The van der Waals surface area contributed by atoms with Crippen LogP contribution in [0, 0.1) is 5.92 Å². The lowest BCUT2D eigenvalue weighted by Gasteiger charge is -2.15. The van der Waals surface area contributed by atoms with E-state index in [-0.39, 0.29) is 36.8 Å². The van der Waals surface area contributed by atoms with Gasteiger partial charge in [0.1, 0.15) is 5.69 Å². The highest BCUT2D eigenvalue weighted by atomic mass is 35.5. The zero-order chi connectivity index (χ0) is 11.5. The summed E-state index contributed by atoms with van der Waals surface area (Å²) in [6, 6.07) is 3.33. The molecule has 2 rings (SSSR count). The predicted molar refractivity (Wildman–Crippen MR) is 76.8 cm³/mol. The van der Waals surface area contributed by atoms with E-state index in [1.165, 1.54) is 6.20 Å². The molecule has 4 nitrogen and oxygen atoms in total. The molecule has 1 amide bonds. The fourth-order valence-electron chi connectivity index (χ4n) is 1.62. The summed E-state index contributed by atoms with van der Waals surface area (Å²) < 4.78 is 0. The Kier molecular flexibility index (Phi) is 7.55. The van der Waals surface area contributed by atoms with Crippen molar-refractivity contribution >= 4 is 42.3 Å². The van der Waals surface area contributed by atoms with E-state index in [1.807, 2.05) is 0 Å². The molecule has 1 fully saturated rings. The summed E-state index contributed by atoms with van der Waals surface area (Å²) in [6.07, 6.45) is 3.76. The molecule has 0 aromatic carbocycles. The Bertz CT molecular complexity index is 382. The molecular formula is C11H16Cl3N3O. The highest BCUT2D eigenvalue weighted by molar-refractivity contribution is 6.30. The van der Waals surface area contributed by atoms with E-state index in [0.717, 1.165) is 12.8 Å². The molecule has 0 radical (unpaired) electrons. The number of pyridine rings is 1. The lowest BCUT2D eigenvalue weighted by atomic mass is 10.2. The SMILES string of the molecule is Cl.Cl.NCC(NC(=O)c1ccc(Cl)cn1)C1CC1. The number of aromatic nitrogens is 1. The topological polar surface area (TPSA) is 68.0 Å². The Morgan fingerprint density at radius 1 is 1.50 bits per heavy atom. The Labute approximate surface area is 123 Å². The van der Waals surface area contributed by atoms with Crippen LogP contribution in [-0.2, 0) is 0 Å². The summed E-state index contributed by atoms with van der Waals surface area (Å²) in [6.45, 7) is 0.476. The second-order valence-electron chi connectivity index (χ2n) is 4.01. The van der Waals surface area contributed by atoms with Gasteiger partial charge in [-0.15, -0.1) is 24.8 Å². The summed E-state index contributed by atoms with van der Waals surface area (Å²) in [4.78, 5) is 15.7. The number of nitrogens with two attached hydrogens (primary N) is 1. The van der Waals surface area contributed by atoms with E-state index in [9.17, 15) is 4.79 Å². The number of carbonyl (C=O) groups excluding carboxylic acids is 1. The van der Waals surface area contributed by atoms with E-state index < -0.39 is 0 Å². The third-order valence-electron chi connectivity index (χ3n) is 2.72. The van der Waals surface area contributed by atoms with Crippen LogP contribution < -0.4 is 11.1 Å². The number of hydrogen-bond donors (Lipinski definition) is 2. The number of hydrogen-bond acceptors (Lipinski definition) is 3. The standard InChI is InChI=1S/C11H14ClN3O.2ClH/c12-8-3-4-9(14-6-8)11(16)15-10(5-13)7-1-2-7;;/h3-4,6-7,10H,1-2,5,13H2,(H,15,16);2*1H. The van der Waals surface area contributed by atoms with Gasteiger partial charge in [0.15, 0.2) is 0 Å². The van der Waals surface area contributed by atoms with Crippen molar-refractivity contribution in [3.8, 4) is 0 Å². The molecule has 0 spiro atoms. The number of nitrogens with zero attached hydrogens (tertiary/aromatic N) is 1.